The molecule has 0 saturated carbocycles. The van der Waals surface area contributed by atoms with Crippen LogP contribution in [0, 0.1) is 6.92 Å². The summed E-state index contributed by atoms with van der Waals surface area (Å²) in [7, 11) is 0. The van der Waals surface area contributed by atoms with Gasteiger partial charge in [-0.1, -0.05) is 49.7 Å². The summed E-state index contributed by atoms with van der Waals surface area (Å²) >= 11 is 3.51. The first kappa shape index (κ1) is 24.9. The molecule has 0 radical (unpaired) electrons. The molecule has 2 amide bonds. The van der Waals surface area contributed by atoms with Crippen LogP contribution in [0.5, 0.6) is 5.75 Å². The number of halogens is 1. The number of carbonyl (C=O) groups is 2. The largest absolute Gasteiger partial charge is 0.483 e. The van der Waals surface area contributed by atoms with Gasteiger partial charge in [0.15, 0.2) is 6.61 Å². The average Bonchev–Trinajstić information content (AvgIpc) is 2.73. The molecule has 2 aromatic rings. The van der Waals surface area contributed by atoms with Crippen LogP contribution in [0.25, 0.3) is 0 Å². The van der Waals surface area contributed by atoms with Crippen molar-refractivity contribution in [2.75, 3.05) is 6.61 Å². The summed E-state index contributed by atoms with van der Waals surface area (Å²) in [4.78, 5) is 27.7. The van der Waals surface area contributed by atoms with Crippen molar-refractivity contribution in [2.24, 2.45) is 0 Å². The van der Waals surface area contributed by atoms with Crippen LogP contribution in [-0.4, -0.2) is 35.4 Å². The Labute approximate surface area is 194 Å². The average molecular weight is 489 g/mol. The first-order chi connectivity index (χ1) is 14.7. The van der Waals surface area contributed by atoms with Crippen molar-refractivity contribution in [3.05, 3.63) is 63.6 Å². The summed E-state index contributed by atoms with van der Waals surface area (Å²) in [5.41, 5.74) is 3.31. The van der Waals surface area contributed by atoms with Crippen LogP contribution in [0.1, 0.15) is 50.8 Å². The van der Waals surface area contributed by atoms with E-state index in [1.165, 1.54) is 5.56 Å². The van der Waals surface area contributed by atoms with Crippen LogP contribution in [0.2, 0.25) is 0 Å². The zero-order valence-corrected chi connectivity index (χ0v) is 20.7. The number of ether oxygens (including phenoxy) is 1. The summed E-state index contributed by atoms with van der Waals surface area (Å²) in [5.74, 6) is 0.241. The SMILES string of the molecule is CCc1ccc(OCC(=O)N(Cc2ccc(C)cc2)[C@H](CC)C(=O)NC(C)C)c(Br)c1. The monoisotopic (exact) mass is 488 g/mol. The number of rotatable bonds is 10. The predicted octanol–water partition coefficient (Wildman–Crippen LogP) is 5.03. The second kappa shape index (κ2) is 11.9. The van der Waals surface area contributed by atoms with Crippen LogP contribution in [0.15, 0.2) is 46.9 Å². The fourth-order valence-electron chi connectivity index (χ4n) is 3.29. The lowest BCUT2D eigenvalue weighted by atomic mass is 10.1. The standard InChI is InChI=1S/C25H33BrN2O3/c1-6-19-12-13-23(21(26)14-19)31-16-24(29)28(15-20-10-8-18(5)9-11-20)22(7-2)25(30)27-17(3)4/h8-14,17,22H,6-7,15-16H2,1-5H3,(H,27,30)/t22-/m1/s1. The van der Waals surface area contributed by atoms with E-state index >= 15 is 0 Å². The number of benzene rings is 2. The number of nitrogens with one attached hydrogen (secondary N) is 1. The molecule has 1 N–H and O–H groups in total. The van der Waals surface area contributed by atoms with Gasteiger partial charge in [-0.25, -0.2) is 0 Å². The zero-order chi connectivity index (χ0) is 23.0. The molecule has 0 aliphatic heterocycles. The molecule has 0 bridgehead atoms. The van der Waals surface area contributed by atoms with Crippen LogP contribution in [0.3, 0.4) is 0 Å². The van der Waals surface area contributed by atoms with Crippen molar-refractivity contribution in [3.63, 3.8) is 0 Å². The fraction of sp³-hybridized carbons (Fsp3) is 0.440. The summed E-state index contributed by atoms with van der Waals surface area (Å²) < 4.78 is 6.64. The lowest BCUT2D eigenvalue weighted by Crippen LogP contribution is -2.51. The molecule has 0 aromatic heterocycles. The highest BCUT2D eigenvalue weighted by molar-refractivity contribution is 9.10. The molecule has 31 heavy (non-hydrogen) atoms. The Kier molecular flexibility index (Phi) is 9.56. The lowest BCUT2D eigenvalue weighted by Gasteiger charge is -2.31. The van der Waals surface area contributed by atoms with Crippen LogP contribution in [0.4, 0.5) is 0 Å². The molecular weight excluding hydrogens is 456 g/mol. The molecule has 2 aromatic carbocycles. The molecule has 2 rings (SSSR count). The van der Waals surface area contributed by atoms with Crippen molar-refractivity contribution in [3.8, 4) is 5.75 Å². The van der Waals surface area contributed by atoms with E-state index in [-0.39, 0.29) is 24.5 Å². The van der Waals surface area contributed by atoms with Gasteiger partial charge in [0.05, 0.1) is 4.47 Å². The molecular formula is C25H33BrN2O3. The van der Waals surface area contributed by atoms with Gasteiger partial charge in [0, 0.05) is 12.6 Å². The van der Waals surface area contributed by atoms with Crippen LogP contribution < -0.4 is 10.1 Å². The molecule has 0 fully saturated rings. The van der Waals surface area contributed by atoms with Crippen molar-refractivity contribution >= 4 is 27.7 Å². The maximum absolute atomic E-state index is 13.2. The third-order valence-corrected chi connectivity index (χ3v) is 5.67. The molecule has 0 spiro atoms. The molecule has 0 aliphatic carbocycles. The minimum absolute atomic E-state index is 0.00200. The molecule has 1 atom stereocenters. The van der Waals surface area contributed by atoms with E-state index in [0.29, 0.717) is 18.7 Å². The Balaban J connectivity index is 2.21. The zero-order valence-electron chi connectivity index (χ0n) is 19.1. The summed E-state index contributed by atoms with van der Waals surface area (Å²) in [5, 5.41) is 2.94. The minimum atomic E-state index is -0.564. The molecule has 0 heterocycles. The van der Waals surface area contributed by atoms with E-state index in [1.54, 1.807) is 4.90 Å². The van der Waals surface area contributed by atoms with E-state index in [0.717, 1.165) is 22.0 Å². The maximum Gasteiger partial charge on any atom is 0.261 e. The second-order valence-corrected chi connectivity index (χ2v) is 8.86. The first-order valence-electron chi connectivity index (χ1n) is 10.8. The van der Waals surface area contributed by atoms with Gasteiger partial charge in [-0.15, -0.1) is 0 Å². The third kappa shape index (κ3) is 7.39. The van der Waals surface area contributed by atoms with Gasteiger partial charge in [-0.2, -0.15) is 0 Å². The highest BCUT2D eigenvalue weighted by Gasteiger charge is 2.29. The van der Waals surface area contributed by atoms with Gasteiger partial charge in [0.1, 0.15) is 11.8 Å². The Bertz CT molecular complexity index is 881. The number of amides is 2. The van der Waals surface area contributed by atoms with Gasteiger partial charge in [-0.05, 0) is 72.8 Å². The second-order valence-electron chi connectivity index (χ2n) is 8.00. The Morgan fingerprint density at radius 2 is 1.71 bits per heavy atom. The quantitative estimate of drug-likeness (QED) is 0.509. The first-order valence-corrected chi connectivity index (χ1v) is 11.6. The fourth-order valence-corrected chi connectivity index (χ4v) is 3.83. The van der Waals surface area contributed by atoms with E-state index in [4.69, 9.17) is 4.74 Å². The van der Waals surface area contributed by atoms with E-state index in [1.807, 2.05) is 70.2 Å². The molecule has 0 aliphatic rings. The molecule has 6 heteroatoms. The lowest BCUT2D eigenvalue weighted by molar-refractivity contribution is -0.143. The summed E-state index contributed by atoms with van der Waals surface area (Å²) in [6.45, 7) is 10.1. The minimum Gasteiger partial charge on any atom is -0.483 e. The van der Waals surface area contributed by atoms with Crippen molar-refractivity contribution in [2.45, 2.75) is 66.1 Å². The van der Waals surface area contributed by atoms with E-state index in [9.17, 15) is 9.59 Å². The molecule has 0 unspecified atom stereocenters. The highest BCUT2D eigenvalue weighted by Crippen LogP contribution is 2.26. The van der Waals surface area contributed by atoms with Gasteiger partial charge in [0.25, 0.3) is 5.91 Å². The van der Waals surface area contributed by atoms with E-state index < -0.39 is 6.04 Å². The number of carbonyl (C=O) groups excluding carboxylic acids is 2. The predicted molar refractivity (Wildman–Crippen MR) is 128 cm³/mol. The Hall–Kier alpha value is -2.34. The topological polar surface area (TPSA) is 58.6 Å². The van der Waals surface area contributed by atoms with E-state index in [2.05, 4.69) is 28.2 Å². The number of hydrogen-bond acceptors (Lipinski definition) is 3. The Morgan fingerprint density at radius 1 is 1.06 bits per heavy atom. The van der Waals surface area contributed by atoms with Gasteiger partial charge in [-0.3, -0.25) is 9.59 Å². The highest BCUT2D eigenvalue weighted by atomic mass is 79.9. The van der Waals surface area contributed by atoms with Crippen molar-refractivity contribution in [1.29, 1.82) is 0 Å². The smallest absolute Gasteiger partial charge is 0.261 e. The number of nitrogens with zero attached hydrogens (tertiary/aromatic N) is 1. The van der Waals surface area contributed by atoms with Gasteiger partial charge in [0.2, 0.25) is 5.91 Å². The molecule has 0 saturated heterocycles. The maximum atomic E-state index is 13.2. The van der Waals surface area contributed by atoms with Crippen LogP contribution >= 0.6 is 15.9 Å². The normalized spacial score (nSPS) is 11.8. The Morgan fingerprint density at radius 3 is 2.26 bits per heavy atom. The molecule has 168 valence electrons. The van der Waals surface area contributed by atoms with Crippen molar-refractivity contribution < 1.29 is 14.3 Å². The summed E-state index contributed by atoms with van der Waals surface area (Å²) in [6, 6.07) is 13.3. The van der Waals surface area contributed by atoms with Gasteiger partial charge < -0.3 is 15.0 Å². The number of hydrogen-bond donors (Lipinski definition) is 1. The number of aryl methyl sites for hydroxylation is 2. The molecule has 5 nitrogen and oxygen atoms in total. The van der Waals surface area contributed by atoms with Crippen molar-refractivity contribution in [1.82, 2.24) is 10.2 Å². The van der Waals surface area contributed by atoms with Gasteiger partial charge >= 0.3 is 0 Å². The van der Waals surface area contributed by atoms with Crippen LogP contribution in [-0.2, 0) is 22.6 Å². The summed E-state index contributed by atoms with van der Waals surface area (Å²) in [6.07, 6.45) is 1.44. The third-order valence-electron chi connectivity index (χ3n) is 5.05.